The molecule has 0 saturated carbocycles. The number of carbonyl (C=O) groups excluding carboxylic acids is 1. The molecule has 8 nitrogen and oxygen atoms in total. The van der Waals surface area contributed by atoms with Crippen LogP contribution < -0.4 is 14.9 Å². The molecular weight excluding hydrogens is 466 g/mol. The molecule has 1 aliphatic heterocycles. The molecule has 2 aromatic carbocycles. The number of sulfonamides is 1. The van der Waals surface area contributed by atoms with Gasteiger partial charge in [-0.25, -0.2) is 8.42 Å². The van der Waals surface area contributed by atoms with Crippen LogP contribution in [0.2, 0.25) is 5.02 Å². The van der Waals surface area contributed by atoms with Crippen molar-refractivity contribution in [2.45, 2.75) is 4.90 Å². The summed E-state index contributed by atoms with van der Waals surface area (Å²) in [5, 5.41) is 3.29. The van der Waals surface area contributed by atoms with E-state index in [9.17, 15) is 13.2 Å². The Morgan fingerprint density at radius 2 is 1.82 bits per heavy atom. The number of carbonyl (C=O) groups is 1. The van der Waals surface area contributed by atoms with Crippen molar-refractivity contribution in [3.8, 4) is 0 Å². The lowest BCUT2D eigenvalue weighted by Gasteiger charge is -2.30. The molecule has 0 aliphatic carbocycles. The average molecular weight is 488 g/mol. The Morgan fingerprint density at radius 1 is 1.06 bits per heavy atom. The Labute approximate surface area is 196 Å². The molecule has 1 fully saturated rings. The first-order valence-electron chi connectivity index (χ1n) is 10.2. The van der Waals surface area contributed by atoms with Crippen LogP contribution in [0, 0.1) is 0 Å². The van der Waals surface area contributed by atoms with Crippen molar-refractivity contribution in [1.82, 2.24) is 0 Å². The summed E-state index contributed by atoms with van der Waals surface area (Å²) in [7, 11) is -3.90. The molecule has 0 spiro atoms. The summed E-state index contributed by atoms with van der Waals surface area (Å²) >= 11 is 5.88. The van der Waals surface area contributed by atoms with E-state index in [1.165, 1.54) is 30.5 Å². The van der Waals surface area contributed by atoms with Gasteiger partial charge in [0.05, 0.1) is 35.7 Å². The lowest BCUT2D eigenvalue weighted by molar-refractivity contribution is -0.111. The molecule has 2 N–H and O–H groups in total. The van der Waals surface area contributed by atoms with E-state index in [-0.39, 0.29) is 4.90 Å². The Kier molecular flexibility index (Phi) is 7.02. The Bertz CT molecular complexity index is 1240. The van der Waals surface area contributed by atoms with Crippen LogP contribution in [-0.2, 0) is 19.6 Å². The SMILES string of the molecule is O=C(/C=C/c1ccco1)Nc1cc(S(=O)(=O)Nc2ccc(Cl)cc2)ccc1N1CCOCC1. The fourth-order valence-corrected chi connectivity index (χ4v) is 4.52. The van der Waals surface area contributed by atoms with Crippen LogP contribution in [0.3, 0.4) is 0 Å². The zero-order valence-corrected chi connectivity index (χ0v) is 19.1. The highest BCUT2D eigenvalue weighted by atomic mass is 35.5. The van der Waals surface area contributed by atoms with Crippen LogP contribution >= 0.6 is 11.6 Å². The molecule has 2 heterocycles. The zero-order valence-electron chi connectivity index (χ0n) is 17.5. The number of nitrogens with one attached hydrogen (secondary N) is 2. The number of benzene rings is 2. The smallest absolute Gasteiger partial charge is 0.261 e. The number of anilines is 3. The molecular formula is C23H22ClN3O5S. The number of morpholine rings is 1. The number of ether oxygens (including phenoxy) is 1. The van der Waals surface area contributed by atoms with Gasteiger partial charge in [-0.1, -0.05) is 11.6 Å². The number of hydrogen-bond acceptors (Lipinski definition) is 6. The van der Waals surface area contributed by atoms with Crippen LogP contribution in [0.1, 0.15) is 5.76 Å². The van der Waals surface area contributed by atoms with Gasteiger partial charge in [-0.05, 0) is 60.7 Å². The maximum atomic E-state index is 13.0. The summed E-state index contributed by atoms with van der Waals surface area (Å²) in [6, 6.07) is 14.4. The molecule has 3 aromatic rings. The first-order chi connectivity index (χ1) is 15.9. The van der Waals surface area contributed by atoms with E-state index in [1.807, 2.05) is 4.90 Å². The molecule has 0 atom stereocenters. The van der Waals surface area contributed by atoms with Gasteiger partial charge in [0.15, 0.2) is 0 Å². The molecule has 172 valence electrons. The number of nitrogens with zero attached hydrogens (tertiary/aromatic N) is 1. The van der Waals surface area contributed by atoms with Gasteiger partial charge in [-0.15, -0.1) is 0 Å². The fraction of sp³-hybridized carbons (Fsp3) is 0.174. The quantitative estimate of drug-likeness (QED) is 0.484. The summed E-state index contributed by atoms with van der Waals surface area (Å²) in [4.78, 5) is 14.6. The van der Waals surface area contributed by atoms with Gasteiger partial charge in [-0.2, -0.15) is 0 Å². The van der Waals surface area contributed by atoms with Crippen molar-refractivity contribution in [3.05, 3.63) is 77.7 Å². The van der Waals surface area contributed by atoms with Crippen molar-refractivity contribution in [2.75, 3.05) is 41.2 Å². The molecule has 1 saturated heterocycles. The van der Waals surface area contributed by atoms with Crippen LogP contribution in [0.15, 0.2) is 76.2 Å². The predicted molar refractivity (Wildman–Crippen MR) is 128 cm³/mol. The van der Waals surface area contributed by atoms with Gasteiger partial charge < -0.3 is 19.4 Å². The van der Waals surface area contributed by atoms with Crippen LogP contribution in [0.25, 0.3) is 6.08 Å². The summed E-state index contributed by atoms with van der Waals surface area (Å²) < 4.78 is 39.1. The topological polar surface area (TPSA) is 101 Å². The Morgan fingerprint density at radius 3 is 2.52 bits per heavy atom. The van der Waals surface area contributed by atoms with E-state index in [0.717, 1.165) is 0 Å². The molecule has 0 radical (unpaired) electrons. The number of furan rings is 1. The second-order valence-corrected chi connectivity index (χ2v) is 9.35. The van der Waals surface area contributed by atoms with E-state index < -0.39 is 15.9 Å². The summed E-state index contributed by atoms with van der Waals surface area (Å²) in [6.45, 7) is 2.34. The highest BCUT2D eigenvalue weighted by Gasteiger charge is 2.21. The molecule has 0 bridgehead atoms. The molecule has 33 heavy (non-hydrogen) atoms. The van der Waals surface area contributed by atoms with Gasteiger partial charge in [0, 0.05) is 29.9 Å². The zero-order chi connectivity index (χ0) is 23.3. The van der Waals surface area contributed by atoms with Crippen molar-refractivity contribution < 1.29 is 22.4 Å². The summed E-state index contributed by atoms with van der Waals surface area (Å²) in [5.41, 5.74) is 1.47. The standard InChI is InChI=1S/C23H22ClN3O5S/c24-17-3-5-18(6-4-17)26-33(29,30)20-8-9-22(27-11-14-31-15-12-27)21(16-20)25-23(28)10-7-19-2-1-13-32-19/h1-10,13,16,26H,11-12,14-15H2,(H,25,28)/b10-7+. The van der Waals surface area contributed by atoms with Gasteiger partial charge in [-0.3, -0.25) is 9.52 Å². The van der Waals surface area contributed by atoms with Crippen LogP contribution in [0.5, 0.6) is 0 Å². The minimum Gasteiger partial charge on any atom is -0.465 e. The number of halogens is 1. The van der Waals surface area contributed by atoms with Crippen molar-refractivity contribution in [2.24, 2.45) is 0 Å². The summed E-state index contributed by atoms with van der Waals surface area (Å²) in [6.07, 6.45) is 4.37. The maximum Gasteiger partial charge on any atom is 0.261 e. The third-order valence-corrected chi connectivity index (χ3v) is 6.56. The maximum absolute atomic E-state index is 13.0. The predicted octanol–water partition coefficient (Wildman–Crippen LogP) is 4.22. The van der Waals surface area contributed by atoms with Gasteiger partial charge in [0.1, 0.15) is 5.76 Å². The highest BCUT2D eigenvalue weighted by molar-refractivity contribution is 7.92. The highest BCUT2D eigenvalue weighted by Crippen LogP contribution is 2.31. The van der Waals surface area contributed by atoms with Crippen LogP contribution in [0.4, 0.5) is 17.1 Å². The number of rotatable bonds is 7. The summed E-state index contributed by atoms with van der Waals surface area (Å²) in [5.74, 6) is 0.114. The van der Waals surface area contributed by atoms with E-state index in [1.54, 1.807) is 42.5 Å². The minimum atomic E-state index is -3.90. The lowest BCUT2D eigenvalue weighted by Crippen LogP contribution is -2.36. The number of amides is 1. The second kappa shape index (κ2) is 10.1. The normalized spacial score (nSPS) is 14.4. The third-order valence-electron chi connectivity index (χ3n) is 4.93. The van der Waals surface area contributed by atoms with Gasteiger partial charge in [0.2, 0.25) is 5.91 Å². The Hall–Kier alpha value is -3.27. The fourth-order valence-electron chi connectivity index (χ4n) is 3.31. The molecule has 0 unspecified atom stereocenters. The number of hydrogen-bond donors (Lipinski definition) is 2. The second-order valence-electron chi connectivity index (χ2n) is 7.23. The molecule has 1 aromatic heterocycles. The molecule has 4 rings (SSSR count). The minimum absolute atomic E-state index is 0.0137. The third kappa shape index (κ3) is 5.95. The van der Waals surface area contributed by atoms with E-state index in [0.29, 0.717) is 54.1 Å². The van der Waals surface area contributed by atoms with E-state index in [4.69, 9.17) is 20.8 Å². The van der Waals surface area contributed by atoms with Gasteiger partial charge in [0.25, 0.3) is 10.0 Å². The average Bonchev–Trinajstić information content (AvgIpc) is 3.33. The monoisotopic (exact) mass is 487 g/mol. The van der Waals surface area contributed by atoms with Crippen LogP contribution in [-0.4, -0.2) is 40.6 Å². The first kappa shape index (κ1) is 22.9. The van der Waals surface area contributed by atoms with Crippen molar-refractivity contribution in [1.29, 1.82) is 0 Å². The van der Waals surface area contributed by atoms with Crippen molar-refractivity contribution in [3.63, 3.8) is 0 Å². The van der Waals surface area contributed by atoms with Gasteiger partial charge >= 0.3 is 0 Å². The largest absolute Gasteiger partial charge is 0.465 e. The lowest BCUT2D eigenvalue weighted by atomic mass is 10.2. The molecule has 10 heteroatoms. The van der Waals surface area contributed by atoms with Crippen molar-refractivity contribution >= 4 is 50.7 Å². The molecule has 1 aliphatic rings. The first-order valence-corrected chi connectivity index (χ1v) is 12.0. The Balaban J connectivity index is 1.62. The van der Waals surface area contributed by atoms with E-state index in [2.05, 4.69) is 10.0 Å². The van der Waals surface area contributed by atoms with E-state index >= 15 is 0 Å². The molecule has 1 amide bonds.